The minimum Gasteiger partial charge on any atom is -0.354 e. The molecule has 0 spiro atoms. The lowest BCUT2D eigenvalue weighted by molar-refractivity contribution is 0.870. The molecule has 3 aromatic rings. The highest BCUT2D eigenvalue weighted by atomic mass is 35.5. The number of thiophene rings is 1. The van der Waals surface area contributed by atoms with E-state index in [0.717, 1.165) is 39.8 Å². The van der Waals surface area contributed by atoms with E-state index in [4.69, 9.17) is 17.3 Å². The van der Waals surface area contributed by atoms with Gasteiger partial charge >= 0.3 is 0 Å². The number of hydrogen-bond donors (Lipinski definition) is 1. The molecule has 2 aromatic heterocycles. The van der Waals surface area contributed by atoms with Gasteiger partial charge in [-0.05, 0) is 12.6 Å². The molecule has 0 radical (unpaired) electrons. The first-order chi connectivity index (χ1) is 10.7. The summed E-state index contributed by atoms with van der Waals surface area (Å²) in [5.41, 5.74) is 6.54. The fourth-order valence-electron chi connectivity index (χ4n) is 2.34. The van der Waals surface area contributed by atoms with Crippen LogP contribution in [0.2, 0.25) is 5.02 Å². The summed E-state index contributed by atoms with van der Waals surface area (Å²) in [5, 5.41) is 1.95. The molecule has 2 heterocycles. The van der Waals surface area contributed by atoms with E-state index in [0.29, 0.717) is 6.54 Å². The van der Waals surface area contributed by atoms with Gasteiger partial charge in [-0.1, -0.05) is 29.8 Å². The molecule has 0 amide bonds. The van der Waals surface area contributed by atoms with E-state index in [1.165, 1.54) is 4.70 Å². The van der Waals surface area contributed by atoms with Crippen molar-refractivity contribution in [3.63, 3.8) is 0 Å². The quantitative estimate of drug-likeness (QED) is 0.777. The smallest absolute Gasteiger partial charge is 0.132 e. The van der Waals surface area contributed by atoms with Gasteiger partial charge in [-0.3, -0.25) is 0 Å². The van der Waals surface area contributed by atoms with E-state index >= 15 is 0 Å². The van der Waals surface area contributed by atoms with Crippen LogP contribution in [0.5, 0.6) is 0 Å². The summed E-state index contributed by atoms with van der Waals surface area (Å²) in [6.07, 6.45) is 2.34. The summed E-state index contributed by atoms with van der Waals surface area (Å²) in [5.74, 6) is 0.881. The van der Waals surface area contributed by atoms with Crippen molar-refractivity contribution in [1.29, 1.82) is 0 Å². The standard InChI is InChI=1S/C16H17ClN4S/c1-21(15-8-11(6-7-18)19-10-20-15)9-14-16(17)12-4-2-3-5-13(12)22-14/h2-5,8,10H,6-7,9,18H2,1H3. The largest absolute Gasteiger partial charge is 0.354 e. The van der Waals surface area contributed by atoms with Crippen LogP contribution in [0.15, 0.2) is 36.7 Å². The minimum atomic E-state index is 0.586. The molecule has 0 atom stereocenters. The van der Waals surface area contributed by atoms with Crippen LogP contribution in [0, 0.1) is 0 Å². The lowest BCUT2D eigenvalue weighted by Crippen LogP contribution is -2.18. The molecule has 4 nitrogen and oxygen atoms in total. The summed E-state index contributed by atoms with van der Waals surface area (Å²) in [6, 6.07) is 10.2. The van der Waals surface area contributed by atoms with Crippen LogP contribution >= 0.6 is 22.9 Å². The van der Waals surface area contributed by atoms with Crippen LogP contribution in [0.4, 0.5) is 5.82 Å². The highest BCUT2D eigenvalue weighted by Gasteiger charge is 2.13. The zero-order chi connectivity index (χ0) is 15.5. The minimum absolute atomic E-state index is 0.586. The lowest BCUT2D eigenvalue weighted by Gasteiger charge is -2.17. The summed E-state index contributed by atoms with van der Waals surface area (Å²) in [6.45, 7) is 1.31. The number of benzene rings is 1. The van der Waals surface area contributed by atoms with Gasteiger partial charge in [-0.25, -0.2) is 9.97 Å². The number of halogens is 1. The van der Waals surface area contributed by atoms with Gasteiger partial charge in [0.2, 0.25) is 0 Å². The molecular formula is C16H17ClN4S. The van der Waals surface area contributed by atoms with Crippen LogP contribution in [-0.2, 0) is 13.0 Å². The molecule has 3 rings (SSSR count). The zero-order valence-electron chi connectivity index (χ0n) is 12.3. The molecule has 0 fully saturated rings. The predicted molar refractivity (Wildman–Crippen MR) is 93.7 cm³/mol. The third-order valence-corrected chi connectivity index (χ3v) is 5.18. The Morgan fingerprint density at radius 1 is 1.27 bits per heavy atom. The molecular weight excluding hydrogens is 316 g/mol. The van der Waals surface area contributed by atoms with Gasteiger partial charge in [0.05, 0.1) is 11.6 Å². The molecule has 0 bridgehead atoms. The Morgan fingerprint density at radius 2 is 2.09 bits per heavy atom. The molecule has 114 valence electrons. The van der Waals surface area contributed by atoms with Crippen molar-refractivity contribution in [3.8, 4) is 0 Å². The van der Waals surface area contributed by atoms with Crippen LogP contribution in [0.25, 0.3) is 10.1 Å². The van der Waals surface area contributed by atoms with Crippen molar-refractivity contribution in [1.82, 2.24) is 9.97 Å². The van der Waals surface area contributed by atoms with Crippen molar-refractivity contribution in [2.24, 2.45) is 5.73 Å². The normalized spacial score (nSPS) is 11.0. The predicted octanol–water partition coefficient (Wildman–Crippen LogP) is 3.48. The van der Waals surface area contributed by atoms with E-state index in [1.54, 1.807) is 17.7 Å². The van der Waals surface area contributed by atoms with E-state index < -0.39 is 0 Å². The Bertz CT molecular complexity index is 787. The Kier molecular flexibility index (Phi) is 4.57. The fourth-order valence-corrected chi connectivity index (χ4v) is 3.89. The highest BCUT2D eigenvalue weighted by molar-refractivity contribution is 7.19. The summed E-state index contributed by atoms with van der Waals surface area (Å²) in [4.78, 5) is 11.8. The third-order valence-electron chi connectivity index (χ3n) is 3.48. The summed E-state index contributed by atoms with van der Waals surface area (Å²) in [7, 11) is 2.01. The number of rotatable bonds is 5. The first-order valence-electron chi connectivity index (χ1n) is 7.07. The maximum Gasteiger partial charge on any atom is 0.132 e. The average molecular weight is 333 g/mol. The average Bonchev–Trinajstić information content (AvgIpc) is 2.85. The molecule has 22 heavy (non-hydrogen) atoms. The van der Waals surface area contributed by atoms with Gasteiger partial charge in [0.1, 0.15) is 12.1 Å². The Labute approximate surface area is 138 Å². The first-order valence-corrected chi connectivity index (χ1v) is 8.26. The van der Waals surface area contributed by atoms with E-state index in [2.05, 4.69) is 27.0 Å². The van der Waals surface area contributed by atoms with Gasteiger partial charge < -0.3 is 10.6 Å². The molecule has 0 saturated heterocycles. The SMILES string of the molecule is CN(Cc1sc2ccccc2c1Cl)c1cc(CCN)ncn1. The van der Waals surface area contributed by atoms with Crippen LogP contribution in [0.3, 0.4) is 0 Å². The van der Waals surface area contributed by atoms with E-state index in [-0.39, 0.29) is 0 Å². The molecule has 0 aliphatic carbocycles. The summed E-state index contributed by atoms with van der Waals surface area (Å²) < 4.78 is 1.21. The molecule has 0 aliphatic heterocycles. The van der Waals surface area contributed by atoms with Crippen molar-refractivity contribution in [3.05, 3.63) is 52.3 Å². The van der Waals surface area contributed by atoms with Gasteiger partial charge in [0.15, 0.2) is 0 Å². The highest BCUT2D eigenvalue weighted by Crippen LogP contribution is 2.36. The van der Waals surface area contributed by atoms with Gasteiger partial charge in [-0.15, -0.1) is 11.3 Å². The van der Waals surface area contributed by atoms with Crippen LogP contribution in [0.1, 0.15) is 10.6 Å². The molecule has 0 aliphatic rings. The van der Waals surface area contributed by atoms with Gasteiger partial charge in [0.25, 0.3) is 0 Å². The topological polar surface area (TPSA) is 55.0 Å². The second-order valence-electron chi connectivity index (χ2n) is 5.10. The Balaban J connectivity index is 1.85. The van der Waals surface area contributed by atoms with Gasteiger partial charge in [0, 0.05) is 40.2 Å². The Hall–Kier alpha value is -1.69. The fraction of sp³-hybridized carbons (Fsp3) is 0.250. The molecule has 2 N–H and O–H groups in total. The van der Waals surface area contributed by atoms with Crippen molar-refractivity contribution in [2.75, 3.05) is 18.5 Å². The molecule has 0 unspecified atom stereocenters. The molecule has 1 aromatic carbocycles. The van der Waals surface area contributed by atoms with Gasteiger partial charge in [-0.2, -0.15) is 0 Å². The van der Waals surface area contributed by atoms with E-state index in [9.17, 15) is 0 Å². The molecule has 6 heteroatoms. The maximum absolute atomic E-state index is 6.50. The van der Waals surface area contributed by atoms with Crippen molar-refractivity contribution < 1.29 is 0 Å². The first kappa shape index (κ1) is 15.2. The van der Waals surface area contributed by atoms with Crippen molar-refractivity contribution >= 4 is 38.8 Å². The number of fused-ring (bicyclic) bond motifs is 1. The lowest BCUT2D eigenvalue weighted by atomic mass is 10.2. The van der Waals surface area contributed by atoms with Crippen molar-refractivity contribution in [2.45, 2.75) is 13.0 Å². The third kappa shape index (κ3) is 3.06. The second kappa shape index (κ2) is 6.60. The number of anilines is 1. The zero-order valence-corrected chi connectivity index (χ0v) is 13.9. The number of nitrogens with zero attached hydrogens (tertiary/aromatic N) is 3. The monoisotopic (exact) mass is 332 g/mol. The van der Waals surface area contributed by atoms with E-state index in [1.807, 2.05) is 25.2 Å². The molecule has 0 saturated carbocycles. The summed E-state index contributed by atoms with van der Waals surface area (Å²) >= 11 is 8.23. The number of nitrogens with two attached hydrogens (primary N) is 1. The number of hydrogen-bond acceptors (Lipinski definition) is 5. The van der Waals surface area contributed by atoms with Crippen LogP contribution in [-0.4, -0.2) is 23.6 Å². The second-order valence-corrected chi connectivity index (χ2v) is 6.61. The van der Waals surface area contributed by atoms with Crippen LogP contribution < -0.4 is 10.6 Å². The maximum atomic E-state index is 6.50. The Morgan fingerprint density at radius 3 is 2.86 bits per heavy atom. The number of aromatic nitrogens is 2.